The molecule has 0 atom stereocenters. The number of carbonyl (C=O) groups excluding carboxylic acids is 1. The molecule has 1 saturated carbocycles. The van der Waals surface area contributed by atoms with Crippen LogP contribution in [0, 0.1) is 0 Å². The summed E-state index contributed by atoms with van der Waals surface area (Å²) < 4.78 is 0. The van der Waals surface area contributed by atoms with Crippen molar-refractivity contribution in [2.75, 3.05) is 11.4 Å². The van der Waals surface area contributed by atoms with E-state index in [1.807, 2.05) is 66.7 Å². The summed E-state index contributed by atoms with van der Waals surface area (Å²) in [6.07, 6.45) is 2.57. The number of carbonyl (C=O) groups is 1. The third kappa shape index (κ3) is 5.32. The van der Waals surface area contributed by atoms with Crippen molar-refractivity contribution >= 4 is 34.2 Å². The van der Waals surface area contributed by atoms with Gasteiger partial charge < -0.3 is 10.2 Å². The molecular weight excluding hydrogens is 432 g/mol. The number of nitrogens with zero attached hydrogens (tertiary/aromatic N) is 3. The molecule has 1 aliphatic rings. The molecule has 3 aromatic carbocycles. The van der Waals surface area contributed by atoms with Crippen LogP contribution in [0.2, 0.25) is 5.02 Å². The summed E-state index contributed by atoms with van der Waals surface area (Å²) in [6.45, 7) is 1.19. The molecule has 1 heterocycles. The van der Waals surface area contributed by atoms with Gasteiger partial charge in [-0.05, 0) is 36.6 Å². The second-order valence-corrected chi connectivity index (χ2v) is 8.83. The number of anilines is 1. The van der Waals surface area contributed by atoms with Crippen LogP contribution >= 0.6 is 11.6 Å². The second-order valence-electron chi connectivity index (χ2n) is 8.40. The van der Waals surface area contributed by atoms with Crippen LogP contribution in [0.4, 0.5) is 5.82 Å². The molecule has 0 radical (unpaired) electrons. The monoisotopic (exact) mass is 456 g/mol. The van der Waals surface area contributed by atoms with Gasteiger partial charge in [-0.15, -0.1) is 0 Å². The second kappa shape index (κ2) is 9.59. The van der Waals surface area contributed by atoms with Crippen LogP contribution in [0.15, 0.2) is 78.9 Å². The Kier molecular flexibility index (Phi) is 6.22. The van der Waals surface area contributed by atoms with Crippen molar-refractivity contribution in [1.29, 1.82) is 0 Å². The zero-order valence-electron chi connectivity index (χ0n) is 18.2. The van der Waals surface area contributed by atoms with Gasteiger partial charge in [0, 0.05) is 41.5 Å². The normalized spacial score (nSPS) is 13.1. The summed E-state index contributed by atoms with van der Waals surface area (Å²) in [7, 11) is 0. The molecule has 1 fully saturated rings. The summed E-state index contributed by atoms with van der Waals surface area (Å²) in [5.41, 5.74) is 2.88. The van der Waals surface area contributed by atoms with Crippen molar-refractivity contribution in [3.8, 4) is 11.4 Å². The van der Waals surface area contributed by atoms with E-state index in [0.29, 0.717) is 36.4 Å². The van der Waals surface area contributed by atoms with Crippen molar-refractivity contribution in [2.45, 2.75) is 31.8 Å². The third-order valence-electron chi connectivity index (χ3n) is 5.74. The average molecular weight is 457 g/mol. The minimum absolute atomic E-state index is 0.0836. The molecule has 0 saturated heterocycles. The van der Waals surface area contributed by atoms with Gasteiger partial charge in [-0.25, -0.2) is 9.97 Å². The number of fused-ring (bicyclic) bond motifs is 1. The van der Waals surface area contributed by atoms with Crippen LogP contribution in [0.5, 0.6) is 0 Å². The molecule has 0 bridgehead atoms. The molecule has 4 aromatic rings. The first-order valence-corrected chi connectivity index (χ1v) is 11.6. The molecule has 5 nitrogen and oxygen atoms in total. The fourth-order valence-corrected chi connectivity index (χ4v) is 4.04. The van der Waals surface area contributed by atoms with Gasteiger partial charge >= 0.3 is 0 Å². The Balaban J connectivity index is 1.56. The topological polar surface area (TPSA) is 58.1 Å². The van der Waals surface area contributed by atoms with Gasteiger partial charge in [0.05, 0.1) is 5.52 Å². The first kappa shape index (κ1) is 21.4. The quantitative estimate of drug-likeness (QED) is 0.373. The molecule has 1 aromatic heterocycles. The highest BCUT2D eigenvalue weighted by Crippen LogP contribution is 2.30. The van der Waals surface area contributed by atoms with E-state index in [1.165, 1.54) is 0 Å². The van der Waals surface area contributed by atoms with E-state index in [9.17, 15) is 4.79 Å². The fraction of sp³-hybridized carbons (Fsp3) is 0.222. The Morgan fingerprint density at radius 1 is 0.970 bits per heavy atom. The molecule has 1 N–H and O–H groups in total. The number of hydrogen-bond donors (Lipinski definition) is 1. The summed E-state index contributed by atoms with van der Waals surface area (Å²) in [4.78, 5) is 24.4. The highest BCUT2D eigenvalue weighted by molar-refractivity contribution is 6.31. The SMILES string of the molecule is O=C(CCN(Cc1ccccc1)c1nc(-c2ccccc2)nc2cc(Cl)ccc12)NC1CC1. The predicted molar refractivity (Wildman–Crippen MR) is 133 cm³/mol. The number of amides is 1. The van der Waals surface area contributed by atoms with Gasteiger partial charge in [-0.2, -0.15) is 0 Å². The zero-order chi connectivity index (χ0) is 22.6. The lowest BCUT2D eigenvalue weighted by molar-refractivity contribution is -0.121. The Morgan fingerprint density at radius 2 is 1.70 bits per heavy atom. The Morgan fingerprint density at radius 3 is 2.42 bits per heavy atom. The number of aromatic nitrogens is 2. The summed E-state index contributed by atoms with van der Waals surface area (Å²) in [6, 6.07) is 26.2. The lowest BCUT2D eigenvalue weighted by Gasteiger charge is -2.25. The number of benzene rings is 3. The van der Waals surface area contributed by atoms with Crippen molar-refractivity contribution in [2.24, 2.45) is 0 Å². The van der Waals surface area contributed by atoms with E-state index in [-0.39, 0.29) is 5.91 Å². The van der Waals surface area contributed by atoms with Crippen LogP contribution in [-0.2, 0) is 11.3 Å². The predicted octanol–water partition coefficient (Wildman–Crippen LogP) is 5.63. The van der Waals surface area contributed by atoms with E-state index in [0.717, 1.165) is 40.7 Å². The number of halogens is 1. The molecule has 1 amide bonds. The molecule has 0 spiro atoms. The smallest absolute Gasteiger partial charge is 0.221 e. The maximum Gasteiger partial charge on any atom is 0.221 e. The van der Waals surface area contributed by atoms with Gasteiger partial charge in [0.1, 0.15) is 5.82 Å². The van der Waals surface area contributed by atoms with Gasteiger partial charge in [-0.1, -0.05) is 72.3 Å². The van der Waals surface area contributed by atoms with Crippen LogP contribution in [0.3, 0.4) is 0 Å². The first-order chi connectivity index (χ1) is 16.2. The van der Waals surface area contributed by atoms with Gasteiger partial charge in [0.25, 0.3) is 0 Å². The maximum atomic E-state index is 12.5. The van der Waals surface area contributed by atoms with E-state index in [2.05, 4.69) is 22.3 Å². The van der Waals surface area contributed by atoms with Crippen molar-refractivity contribution in [1.82, 2.24) is 15.3 Å². The van der Waals surface area contributed by atoms with Crippen LogP contribution < -0.4 is 10.2 Å². The lowest BCUT2D eigenvalue weighted by Crippen LogP contribution is -2.32. The van der Waals surface area contributed by atoms with Crippen molar-refractivity contribution < 1.29 is 4.79 Å². The molecule has 33 heavy (non-hydrogen) atoms. The molecular formula is C27H25ClN4O. The van der Waals surface area contributed by atoms with E-state index < -0.39 is 0 Å². The highest BCUT2D eigenvalue weighted by Gasteiger charge is 2.24. The van der Waals surface area contributed by atoms with Crippen LogP contribution in [0.25, 0.3) is 22.3 Å². The Hall–Kier alpha value is -3.44. The molecule has 1 aliphatic carbocycles. The minimum Gasteiger partial charge on any atom is -0.353 e. The number of rotatable bonds is 8. The zero-order valence-corrected chi connectivity index (χ0v) is 19.0. The average Bonchev–Trinajstić information content (AvgIpc) is 3.66. The van der Waals surface area contributed by atoms with Crippen molar-refractivity contribution in [3.05, 3.63) is 89.4 Å². The minimum atomic E-state index is 0.0836. The van der Waals surface area contributed by atoms with E-state index >= 15 is 0 Å². The van der Waals surface area contributed by atoms with E-state index in [1.54, 1.807) is 0 Å². The Bertz CT molecular complexity index is 1260. The number of hydrogen-bond acceptors (Lipinski definition) is 4. The summed E-state index contributed by atoms with van der Waals surface area (Å²) in [5.74, 6) is 1.53. The Labute approximate surface area is 198 Å². The largest absolute Gasteiger partial charge is 0.353 e. The molecule has 6 heteroatoms. The van der Waals surface area contributed by atoms with Crippen molar-refractivity contribution in [3.63, 3.8) is 0 Å². The maximum absolute atomic E-state index is 12.5. The van der Waals surface area contributed by atoms with Crippen LogP contribution in [0.1, 0.15) is 24.8 Å². The third-order valence-corrected chi connectivity index (χ3v) is 5.97. The van der Waals surface area contributed by atoms with E-state index in [4.69, 9.17) is 21.6 Å². The lowest BCUT2D eigenvalue weighted by atomic mass is 10.1. The van der Waals surface area contributed by atoms with Crippen LogP contribution in [-0.4, -0.2) is 28.5 Å². The summed E-state index contributed by atoms with van der Waals surface area (Å²) >= 11 is 6.31. The standard InChI is InChI=1S/C27H25ClN4O/c28-21-11-14-23-24(17-21)30-26(20-9-5-2-6-10-20)31-27(23)32(18-19-7-3-1-4-8-19)16-15-25(33)29-22-12-13-22/h1-11,14,17,22H,12-13,15-16,18H2,(H,29,33). The highest BCUT2D eigenvalue weighted by atomic mass is 35.5. The molecule has 0 aliphatic heterocycles. The van der Waals surface area contributed by atoms with Gasteiger partial charge in [0.15, 0.2) is 5.82 Å². The van der Waals surface area contributed by atoms with Gasteiger partial charge in [0.2, 0.25) is 5.91 Å². The first-order valence-electron chi connectivity index (χ1n) is 11.3. The molecule has 166 valence electrons. The summed E-state index contributed by atoms with van der Waals surface area (Å²) in [5, 5.41) is 4.63. The number of nitrogens with one attached hydrogen (secondary N) is 1. The fourth-order valence-electron chi connectivity index (χ4n) is 3.87. The van der Waals surface area contributed by atoms with Gasteiger partial charge in [-0.3, -0.25) is 4.79 Å². The molecule has 5 rings (SSSR count). The molecule has 0 unspecified atom stereocenters.